The van der Waals surface area contributed by atoms with E-state index >= 15 is 0 Å². The summed E-state index contributed by atoms with van der Waals surface area (Å²) in [6.45, 7) is 41.5. The number of guanidine groups is 2. The molecule has 0 spiro atoms. The van der Waals surface area contributed by atoms with E-state index in [0.717, 1.165) is 11.9 Å². The zero-order valence-electron chi connectivity index (χ0n) is 30.0. The number of hydrogen-bond acceptors (Lipinski definition) is 2. The first kappa shape index (κ1) is 31.2. The Morgan fingerprint density at radius 2 is 1.12 bits per heavy atom. The monoisotopic (exact) mass is 574 g/mol. The normalized spacial score (nSPS) is 40.1. The highest BCUT2D eigenvalue weighted by atomic mass is 15.4. The van der Waals surface area contributed by atoms with Crippen LogP contribution in [0.25, 0.3) is 0 Å². The Hall–Kier alpha value is -2.24. The van der Waals surface area contributed by atoms with E-state index in [4.69, 9.17) is 20.0 Å². The van der Waals surface area contributed by atoms with E-state index in [2.05, 4.69) is 147 Å². The van der Waals surface area contributed by atoms with Crippen molar-refractivity contribution >= 4 is 23.3 Å². The molecule has 232 valence electrons. The highest BCUT2D eigenvalue weighted by Crippen LogP contribution is 2.72. The van der Waals surface area contributed by atoms with Gasteiger partial charge in [-0.25, -0.2) is 20.0 Å². The third-order valence-electron chi connectivity index (χ3n) is 10.6. The molecule has 0 aromatic rings. The fourth-order valence-corrected chi connectivity index (χ4v) is 9.99. The van der Waals surface area contributed by atoms with Gasteiger partial charge in [0.15, 0.2) is 0 Å². The van der Waals surface area contributed by atoms with E-state index in [1.54, 1.807) is 0 Å². The van der Waals surface area contributed by atoms with Crippen molar-refractivity contribution in [2.75, 3.05) is 0 Å². The molecule has 1 saturated carbocycles. The lowest BCUT2D eigenvalue weighted by Crippen LogP contribution is -2.80. The molecule has 0 aromatic heterocycles. The van der Waals surface area contributed by atoms with Crippen LogP contribution in [0.5, 0.6) is 0 Å². The van der Waals surface area contributed by atoms with Gasteiger partial charge in [0.2, 0.25) is 11.9 Å². The lowest BCUT2D eigenvalue weighted by Gasteiger charge is -2.72. The van der Waals surface area contributed by atoms with Crippen LogP contribution in [-0.2, 0) is 0 Å². The Bertz CT molecular complexity index is 1410. The molecule has 6 heteroatoms. The second-order valence-electron chi connectivity index (χ2n) is 18.5. The molecule has 0 radical (unpaired) electrons. The highest BCUT2D eigenvalue weighted by Gasteiger charge is 2.77. The van der Waals surface area contributed by atoms with Crippen LogP contribution < -0.4 is 0 Å². The summed E-state index contributed by atoms with van der Waals surface area (Å²) in [5.74, 6) is 2.18. The van der Waals surface area contributed by atoms with Crippen LogP contribution in [-0.4, -0.2) is 66.4 Å². The van der Waals surface area contributed by atoms with E-state index < -0.39 is 0 Å². The largest absolute Gasteiger partial charge is 0.325 e. The molecule has 4 aliphatic carbocycles. The zero-order chi connectivity index (χ0) is 32.0. The van der Waals surface area contributed by atoms with Crippen molar-refractivity contribution in [3.05, 3.63) is 23.3 Å². The number of aliphatic imine (C=N–C) groups is 4. The standard InChI is InChI=1S/C36H58N6/c1-21-19-34(16)26-35(17,41(31(9,10)11)28(38-26)40-30(6,7)8)23(21)24-33(34,15)20-22(2)25-36(24,18)42(32(12,13)14)27(37-25)39-29(3,4)5/h19-20,23-24H,1-18H3/t23-,24+,33+,34-,35+,36+/m1/s1. The molecule has 0 N–H and O–H groups in total. The average Bonchev–Trinajstić information content (AvgIpc) is 3.19. The van der Waals surface area contributed by atoms with Crippen molar-refractivity contribution in [3.8, 4) is 0 Å². The van der Waals surface area contributed by atoms with Crippen LogP contribution >= 0.6 is 0 Å². The third-order valence-corrected chi connectivity index (χ3v) is 10.6. The summed E-state index contributed by atoms with van der Waals surface area (Å²) in [6.07, 6.45) is 5.11. The Morgan fingerprint density at radius 3 is 1.57 bits per heavy atom. The molecule has 6 atom stereocenters. The van der Waals surface area contributed by atoms with Crippen LogP contribution in [0.1, 0.15) is 125 Å². The van der Waals surface area contributed by atoms with E-state index in [0.29, 0.717) is 0 Å². The van der Waals surface area contributed by atoms with E-state index in [1.807, 2.05) is 0 Å². The van der Waals surface area contributed by atoms with Gasteiger partial charge in [-0.1, -0.05) is 24.6 Å². The quantitative estimate of drug-likeness (QED) is 0.275. The van der Waals surface area contributed by atoms with Gasteiger partial charge >= 0.3 is 0 Å². The Balaban J connectivity index is 1.88. The Morgan fingerprint density at radius 1 is 0.667 bits per heavy atom. The summed E-state index contributed by atoms with van der Waals surface area (Å²) in [7, 11) is 0. The van der Waals surface area contributed by atoms with Crippen LogP contribution in [0.15, 0.2) is 43.3 Å². The van der Waals surface area contributed by atoms with E-state index in [1.165, 1.54) is 22.6 Å². The maximum Gasteiger partial charge on any atom is 0.222 e. The fourth-order valence-electron chi connectivity index (χ4n) is 9.99. The predicted molar refractivity (Wildman–Crippen MR) is 180 cm³/mol. The molecule has 42 heavy (non-hydrogen) atoms. The molecule has 6 rings (SSSR count). The average molecular weight is 575 g/mol. The molecular formula is C36H58N6. The molecule has 2 bridgehead atoms. The SMILES string of the molecule is CC1=C[C@@]2(C)[C@H]([C@H]3C(C)=C[C@]2(C)C2=NC(=NC(C)(C)C)N(C(C)(C)C)[C@]23C)[C@@]2(C)C1=NC(=NC(C)(C)C)N2C(C)(C)C. The first-order valence-corrected chi connectivity index (χ1v) is 16.0. The predicted octanol–water partition coefficient (Wildman–Crippen LogP) is 8.10. The molecule has 1 fully saturated rings. The molecule has 0 aromatic carbocycles. The molecule has 0 unspecified atom stereocenters. The maximum atomic E-state index is 5.56. The van der Waals surface area contributed by atoms with E-state index in [-0.39, 0.29) is 55.9 Å². The lowest BCUT2D eigenvalue weighted by atomic mass is 9.35. The van der Waals surface area contributed by atoms with Gasteiger partial charge in [0.1, 0.15) is 0 Å². The number of allylic oxidation sites excluding steroid dienone is 2. The smallest absolute Gasteiger partial charge is 0.222 e. The van der Waals surface area contributed by atoms with Gasteiger partial charge in [0.25, 0.3) is 0 Å². The van der Waals surface area contributed by atoms with E-state index in [9.17, 15) is 0 Å². The molecule has 6 nitrogen and oxygen atoms in total. The Labute approximate surface area is 256 Å². The van der Waals surface area contributed by atoms with Crippen LogP contribution in [0, 0.1) is 22.7 Å². The molecule has 2 aliphatic heterocycles. The summed E-state index contributed by atoms with van der Waals surface area (Å²) in [5.41, 5.74) is 3.15. The number of nitrogens with zero attached hydrogens (tertiary/aromatic N) is 6. The van der Waals surface area contributed by atoms with Crippen molar-refractivity contribution < 1.29 is 0 Å². The number of hydrogen-bond donors (Lipinski definition) is 0. The first-order valence-electron chi connectivity index (χ1n) is 16.0. The van der Waals surface area contributed by atoms with Crippen LogP contribution in [0.4, 0.5) is 0 Å². The number of rotatable bonds is 0. The number of fused-ring (bicyclic) bond motifs is 1. The third kappa shape index (κ3) is 3.87. The van der Waals surface area contributed by atoms with Gasteiger partial charge < -0.3 is 9.80 Å². The first-order chi connectivity index (χ1) is 18.6. The topological polar surface area (TPSA) is 55.9 Å². The van der Waals surface area contributed by atoms with Gasteiger partial charge in [0.05, 0.1) is 33.6 Å². The second kappa shape index (κ2) is 8.27. The second-order valence-corrected chi connectivity index (χ2v) is 18.5. The summed E-state index contributed by atoms with van der Waals surface area (Å²) in [6, 6.07) is 0. The van der Waals surface area contributed by atoms with Crippen LogP contribution in [0.2, 0.25) is 0 Å². The van der Waals surface area contributed by atoms with Gasteiger partial charge in [-0.05, 0) is 123 Å². The van der Waals surface area contributed by atoms with Crippen molar-refractivity contribution in [1.29, 1.82) is 0 Å². The molecule has 6 aliphatic rings. The summed E-state index contributed by atoms with van der Waals surface area (Å²) in [4.78, 5) is 26.7. The van der Waals surface area contributed by atoms with Crippen molar-refractivity contribution in [3.63, 3.8) is 0 Å². The molecular weight excluding hydrogens is 516 g/mol. The van der Waals surface area contributed by atoms with Gasteiger partial charge in [0, 0.05) is 33.7 Å². The lowest BCUT2D eigenvalue weighted by molar-refractivity contribution is -0.0756. The Kier molecular flexibility index (Phi) is 6.14. The summed E-state index contributed by atoms with van der Waals surface area (Å²) in [5, 5.41) is 0. The zero-order valence-corrected chi connectivity index (χ0v) is 30.0. The summed E-state index contributed by atoms with van der Waals surface area (Å²) < 4.78 is 0. The van der Waals surface area contributed by atoms with Gasteiger partial charge in [-0.15, -0.1) is 0 Å². The minimum absolute atomic E-state index is 0.176. The summed E-state index contributed by atoms with van der Waals surface area (Å²) >= 11 is 0. The van der Waals surface area contributed by atoms with Gasteiger partial charge in [-0.2, -0.15) is 0 Å². The van der Waals surface area contributed by atoms with Crippen molar-refractivity contribution in [2.24, 2.45) is 42.6 Å². The van der Waals surface area contributed by atoms with Crippen molar-refractivity contribution in [2.45, 2.75) is 158 Å². The maximum absolute atomic E-state index is 5.56. The minimum atomic E-state index is -0.362. The van der Waals surface area contributed by atoms with Crippen LogP contribution in [0.3, 0.4) is 0 Å². The van der Waals surface area contributed by atoms with Gasteiger partial charge in [-0.3, -0.25) is 0 Å². The molecule has 2 heterocycles. The van der Waals surface area contributed by atoms with Crippen molar-refractivity contribution in [1.82, 2.24) is 9.80 Å². The minimum Gasteiger partial charge on any atom is -0.325 e. The molecule has 0 amide bonds. The molecule has 0 saturated heterocycles. The fraction of sp³-hybridized carbons (Fsp3) is 0.778. The highest BCUT2D eigenvalue weighted by molar-refractivity contribution is 6.20.